The molecule has 0 radical (unpaired) electrons. The number of halogens is 2. The Morgan fingerprint density at radius 1 is 1.38 bits per heavy atom. The van der Waals surface area contributed by atoms with E-state index in [2.05, 4.69) is 0 Å². The molecule has 1 heterocycles. The Hall–Kier alpha value is -0.600. The third-order valence-corrected chi connectivity index (χ3v) is 3.21. The fourth-order valence-electron chi connectivity index (χ4n) is 1.43. The van der Waals surface area contributed by atoms with Crippen molar-refractivity contribution >= 4 is 33.0 Å². The van der Waals surface area contributed by atoms with Crippen LogP contribution in [0.2, 0.25) is 0 Å². The van der Waals surface area contributed by atoms with Gasteiger partial charge in [-0.1, -0.05) is 6.07 Å². The normalized spacial score (nSPS) is 11.0. The van der Waals surface area contributed by atoms with Crippen LogP contribution in [0.4, 0.5) is 4.39 Å². The highest BCUT2D eigenvalue weighted by Crippen LogP contribution is 2.28. The topological polar surface area (TPSA) is 0 Å². The van der Waals surface area contributed by atoms with Crippen molar-refractivity contribution in [1.82, 2.24) is 0 Å². The summed E-state index contributed by atoms with van der Waals surface area (Å²) >= 11 is 6.89. The van der Waals surface area contributed by atoms with Crippen LogP contribution < -0.4 is 0 Å². The number of benzene rings is 1. The quantitative estimate of drug-likeness (QED) is 0.628. The molecule has 0 atom stereocenters. The standard InChI is InChI=1S/C10H8ClFS/c1-6-2-7(5-11)3-9-8(6)4-10(12)13-9/h2-4H,5H2,1H3. The number of aryl methyl sites for hydroxylation is 1. The molecule has 0 saturated carbocycles. The molecule has 2 rings (SSSR count). The fourth-order valence-corrected chi connectivity index (χ4v) is 2.51. The van der Waals surface area contributed by atoms with E-state index in [0.717, 1.165) is 21.2 Å². The summed E-state index contributed by atoms with van der Waals surface area (Å²) in [6.45, 7) is 1.98. The molecule has 0 aliphatic rings. The molecule has 0 aliphatic heterocycles. The van der Waals surface area contributed by atoms with Crippen LogP contribution in [0, 0.1) is 12.1 Å². The predicted molar refractivity (Wildman–Crippen MR) is 56.1 cm³/mol. The van der Waals surface area contributed by atoms with Crippen molar-refractivity contribution in [3.63, 3.8) is 0 Å². The molecule has 0 aliphatic carbocycles. The fraction of sp³-hybridized carbons (Fsp3) is 0.200. The Labute approximate surface area is 85.0 Å². The minimum absolute atomic E-state index is 0.134. The number of hydrogen-bond donors (Lipinski definition) is 0. The second-order valence-electron chi connectivity index (χ2n) is 3.01. The summed E-state index contributed by atoms with van der Waals surface area (Å²) in [6.07, 6.45) is 0. The van der Waals surface area contributed by atoms with E-state index in [1.807, 2.05) is 19.1 Å². The Bertz CT molecular complexity index is 447. The lowest BCUT2D eigenvalue weighted by Crippen LogP contribution is -1.79. The van der Waals surface area contributed by atoms with Gasteiger partial charge in [-0.25, -0.2) is 0 Å². The molecular weight excluding hydrogens is 207 g/mol. The number of alkyl halides is 1. The first-order valence-corrected chi connectivity index (χ1v) is 5.30. The third kappa shape index (κ3) is 1.56. The van der Waals surface area contributed by atoms with Crippen LogP contribution in [0.3, 0.4) is 0 Å². The highest BCUT2D eigenvalue weighted by Gasteiger charge is 2.04. The molecule has 0 fully saturated rings. The maximum atomic E-state index is 12.9. The number of fused-ring (bicyclic) bond motifs is 1. The molecule has 1 aromatic heterocycles. The molecule has 13 heavy (non-hydrogen) atoms. The summed E-state index contributed by atoms with van der Waals surface area (Å²) in [5.74, 6) is 0.482. The van der Waals surface area contributed by atoms with Crippen molar-refractivity contribution < 1.29 is 4.39 Å². The lowest BCUT2D eigenvalue weighted by molar-refractivity contribution is 0.658. The van der Waals surface area contributed by atoms with Crippen molar-refractivity contribution in [3.8, 4) is 0 Å². The summed E-state index contributed by atoms with van der Waals surface area (Å²) in [4.78, 5) is 0. The van der Waals surface area contributed by atoms with Gasteiger partial charge in [-0.15, -0.1) is 22.9 Å². The van der Waals surface area contributed by atoms with E-state index in [9.17, 15) is 4.39 Å². The van der Waals surface area contributed by atoms with Crippen LogP contribution in [0.15, 0.2) is 18.2 Å². The van der Waals surface area contributed by atoms with Gasteiger partial charge in [0.25, 0.3) is 0 Å². The number of hydrogen-bond acceptors (Lipinski definition) is 1. The summed E-state index contributed by atoms with van der Waals surface area (Å²) in [7, 11) is 0. The van der Waals surface area contributed by atoms with E-state index in [0.29, 0.717) is 5.88 Å². The lowest BCUT2D eigenvalue weighted by atomic mass is 10.1. The lowest BCUT2D eigenvalue weighted by Gasteiger charge is -1.99. The number of thiophene rings is 1. The van der Waals surface area contributed by atoms with Crippen LogP contribution in [-0.2, 0) is 5.88 Å². The first-order chi connectivity index (χ1) is 6.20. The molecule has 0 nitrogen and oxygen atoms in total. The first-order valence-electron chi connectivity index (χ1n) is 3.95. The zero-order valence-corrected chi connectivity index (χ0v) is 8.68. The molecule has 0 saturated heterocycles. The summed E-state index contributed by atoms with van der Waals surface area (Å²) < 4.78 is 13.9. The average molecular weight is 215 g/mol. The van der Waals surface area contributed by atoms with Gasteiger partial charge in [0.05, 0.1) is 0 Å². The van der Waals surface area contributed by atoms with Gasteiger partial charge in [0.15, 0.2) is 5.13 Å². The summed E-state index contributed by atoms with van der Waals surface area (Å²) in [6, 6.07) is 5.53. The SMILES string of the molecule is Cc1cc(CCl)cc2sc(F)cc12. The monoisotopic (exact) mass is 214 g/mol. The Balaban J connectivity index is 2.75. The van der Waals surface area contributed by atoms with E-state index in [4.69, 9.17) is 11.6 Å². The molecule has 2 aromatic rings. The Morgan fingerprint density at radius 3 is 2.85 bits per heavy atom. The first kappa shape index (κ1) is 8.97. The van der Waals surface area contributed by atoms with Gasteiger partial charge in [0, 0.05) is 10.6 Å². The van der Waals surface area contributed by atoms with Crippen molar-refractivity contribution in [1.29, 1.82) is 0 Å². The molecule has 68 valence electrons. The second-order valence-corrected chi connectivity index (χ2v) is 4.31. The second kappa shape index (κ2) is 3.28. The predicted octanol–water partition coefficient (Wildman–Crippen LogP) is 4.09. The largest absolute Gasteiger partial charge is 0.195 e. The molecule has 1 aromatic carbocycles. The maximum Gasteiger partial charge on any atom is 0.177 e. The van der Waals surface area contributed by atoms with Crippen LogP contribution in [0.1, 0.15) is 11.1 Å². The van der Waals surface area contributed by atoms with Crippen LogP contribution >= 0.6 is 22.9 Å². The van der Waals surface area contributed by atoms with Crippen LogP contribution in [0.25, 0.3) is 10.1 Å². The van der Waals surface area contributed by atoms with Gasteiger partial charge in [-0.2, -0.15) is 4.39 Å². The van der Waals surface area contributed by atoms with Gasteiger partial charge in [0.1, 0.15) is 0 Å². The van der Waals surface area contributed by atoms with Gasteiger partial charge >= 0.3 is 0 Å². The molecule has 0 bridgehead atoms. The molecule has 0 amide bonds. The molecule has 0 N–H and O–H groups in total. The summed E-state index contributed by atoms with van der Waals surface area (Å²) in [5.41, 5.74) is 2.14. The van der Waals surface area contributed by atoms with E-state index in [1.54, 1.807) is 6.07 Å². The molecule has 3 heteroatoms. The highest BCUT2D eigenvalue weighted by atomic mass is 35.5. The van der Waals surface area contributed by atoms with Crippen molar-refractivity contribution in [2.75, 3.05) is 0 Å². The smallest absolute Gasteiger partial charge is 0.177 e. The molecular formula is C10H8ClFS. The van der Waals surface area contributed by atoms with E-state index in [-0.39, 0.29) is 5.13 Å². The maximum absolute atomic E-state index is 12.9. The Kier molecular flexibility index (Phi) is 2.26. The van der Waals surface area contributed by atoms with Gasteiger partial charge < -0.3 is 0 Å². The van der Waals surface area contributed by atoms with E-state index < -0.39 is 0 Å². The van der Waals surface area contributed by atoms with E-state index in [1.165, 1.54) is 11.3 Å². The van der Waals surface area contributed by atoms with Gasteiger partial charge in [0.2, 0.25) is 0 Å². The van der Waals surface area contributed by atoms with Crippen LogP contribution in [0.5, 0.6) is 0 Å². The van der Waals surface area contributed by atoms with Crippen LogP contribution in [-0.4, -0.2) is 0 Å². The average Bonchev–Trinajstić information content (AvgIpc) is 2.46. The molecule has 0 unspecified atom stereocenters. The van der Waals surface area contributed by atoms with Crippen molar-refractivity contribution in [2.45, 2.75) is 12.8 Å². The zero-order valence-electron chi connectivity index (χ0n) is 7.10. The highest BCUT2D eigenvalue weighted by molar-refractivity contribution is 7.17. The minimum Gasteiger partial charge on any atom is -0.195 e. The molecule has 0 spiro atoms. The van der Waals surface area contributed by atoms with Crippen molar-refractivity contribution in [3.05, 3.63) is 34.5 Å². The number of rotatable bonds is 1. The van der Waals surface area contributed by atoms with E-state index >= 15 is 0 Å². The minimum atomic E-state index is -0.134. The third-order valence-electron chi connectivity index (χ3n) is 2.03. The Morgan fingerprint density at radius 2 is 2.15 bits per heavy atom. The summed E-state index contributed by atoms with van der Waals surface area (Å²) in [5, 5.41) is 0.862. The van der Waals surface area contributed by atoms with Gasteiger partial charge in [-0.3, -0.25) is 0 Å². The zero-order chi connectivity index (χ0) is 9.42. The van der Waals surface area contributed by atoms with Crippen molar-refractivity contribution in [2.24, 2.45) is 0 Å². The van der Waals surface area contributed by atoms with Gasteiger partial charge in [-0.05, 0) is 35.6 Å².